The van der Waals surface area contributed by atoms with Gasteiger partial charge < -0.3 is 9.47 Å². The van der Waals surface area contributed by atoms with Gasteiger partial charge in [0.25, 0.3) is 0 Å². The van der Waals surface area contributed by atoms with Crippen molar-refractivity contribution in [3.63, 3.8) is 0 Å². The van der Waals surface area contributed by atoms with E-state index in [0.717, 1.165) is 28.7 Å². The van der Waals surface area contributed by atoms with Crippen molar-refractivity contribution in [3.05, 3.63) is 15.6 Å². The molecular weight excluding hydrogens is 252 g/mol. The zero-order chi connectivity index (χ0) is 13.0. The Morgan fingerprint density at radius 2 is 2.17 bits per heavy atom. The summed E-state index contributed by atoms with van der Waals surface area (Å²) in [5.74, 6) is -0.178. The fourth-order valence-corrected chi connectivity index (χ4v) is 2.69. The van der Waals surface area contributed by atoms with Crippen molar-refractivity contribution in [2.75, 3.05) is 32.8 Å². The summed E-state index contributed by atoms with van der Waals surface area (Å²) >= 11 is 1.58. The van der Waals surface area contributed by atoms with Gasteiger partial charge in [0.1, 0.15) is 6.61 Å². The van der Waals surface area contributed by atoms with Gasteiger partial charge >= 0.3 is 5.97 Å². The molecule has 1 aromatic heterocycles. The quantitative estimate of drug-likeness (QED) is 0.768. The number of esters is 1. The van der Waals surface area contributed by atoms with Crippen LogP contribution >= 0.6 is 11.3 Å². The Hall–Kier alpha value is -0.980. The second-order valence-corrected chi connectivity index (χ2v) is 5.58. The number of thiazole rings is 1. The number of ether oxygens (including phenoxy) is 2. The Kier molecular flexibility index (Phi) is 4.68. The van der Waals surface area contributed by atoms with Crippen molar-refractivity contribution in [1.82, 2.24) is 9.88 Å². The van der Waals surface area contributed by atoms with Crippen LogP contribution < -0.4 is 0 Å². The Morgan fingerprint density at radius 1 is 1.44 bits per heavy atom. The van der Waals surface area contributed by atoms with Crippen molar-refractivity contribution in [1.29, 1.82) is 0 Å². The average Bonchev–Trinajstić information content (AvgIpc) is 2.66. The van der Waals surface area contributed by atoms with Crippen LogP contribution in [0.2, 0.25) is 0 Å². The predicted molar refractivity (Wildman–Crippen MR) is 68.6 cm³/mol. The molecule has 0 unspecified atom stereocenters. The van der Waals surface area contributed by atoms with E-state index in [1.807, 2.05) is 13.8 Å². The topological polar surface area (TPSA) is 51.7 Å². The number of carbonyl (C=O) groups is 1. The molecule has 1 saturated heterocycles. The lowest BCUT2D eigenvalue weighted by molar-refractivity contribution is -0.147. The molecule has 0 saturated carbocycles. The van der Waals surface area contributed by atoms with Crippen LogP contribution in [0.4, 0.5) is 0 Å². The number of hydrogen-bond donors (Lipinski definition) is 0. The van der Waals surface area contributed by atoms with Gasteiger partial charge in [-0.3, -0.25) is 9.69 Å². The standard InChI is InChI=1S/C12H18N2O3S/c1-9-11(18-10(2)13-9)8-17-12(15)7-14-3-5-16-6-4-14/h3-8H2,1-2H3. The minimum Gasteiger partial charge on any atom is -0.459 e. The predicted octanol–water partition coefficient (Wildman–Crippen LogP) is 1.14. The first-order valence-corrected chi connectivity index (χ1v) is 6.85. The molecule has 0 aliphatic carbocycles. The summed E-state index contributed by atoms with van der Waals surface area (Å²) < 4.78 is 10.5. The Morgan fingerprint density at radius 3 is 2.78 bits per heavy atom. The highest BCUT2D eigenvalue weighted by Crippen LogP contribution is 2.17. The zero-order valence-electron chi connectivity index (χ0n) is 10.8. The van der Waals surface area contributed by atoms with E-state index in [0.29, 0.717) is 26.4 Å². The molecule has 1 aromatic rings. The summed E-state index contributed by atoms with van der Waals surface area (Å²) in [7, 11) is 0. The van der Waals surface area contributed by atoms with Crippen LogP contribution in [0, 0.1) is 13.8 Å². The van der Waals surface area contributed by atoms with Crippen LogP contribution in [0.5, 0.6) is 0 Å². The lowest BCUT2D eigenvalue weighted by Gasteiger charge is -2.25. The van der Waals surface area contributed by atoms with Gasteiger partial charge in [0, 0.05) is 13.1 Å². The van der Waals surface area contributed by atoms with E-state index in [1.54, 1.807) is 11.3 Å². The number of nitrogens with zero attached hydrogens (tertiary/aromatic N) is 2. The van der Waals surface area contributed by atoms with Crippen molar-refractivity contribution in [3.8, 4) is 0 Å². The van der Waals surface area contributed by atoms with Crippen molar-refractivity contribution < 1.29 is 14.3 Å². The molecular formula is C12H18N2O3S. The van der Waals surface area contributed by atoms with Gasteiger partial charge in [0.15, 0.2) is 0 Å². The summed E-state index contributed by atoms with van der Waals surface area (Å²) in [6.45, 7) is 7.56. The minimum absolute atomic E-state index is 0.178. The normalized spacial score (nSPS) is 16.8. The summed E-state index contributed by atoms with van der Waals surface area (Å²) in [4.78, 5) is 19.1. The molecule has 0 amide bonds. The molecule has 6 heteroatoms. The SMILES string of the molecule is Cc1nc(C)c(COC(=O)CN2CCOCC2)s1. The van der Waals surface area contributed by atoms with E-state index in [9.17, 15) is 4.79 Å². The molecule has 2 heterocycles. The first-order valence-electron chi connectivity index (χ1n) is 6.04. The van der Waals surface area contributed by atoms with E-state index >= 15 is 0 Å². The van der Waals surface area contributed by atoms with Gasteiger partial charge in [-0.25, -0.2) is 4.98 Å². The molecule has 0 aromatic carbocycles. The molecule has 0 radical (unpaired) electrons. The number of rotatable bonds is 4. The molecule has 1 aliphatic heterocycles. The van der Waals surface area contributed by atoms with Gasteiger partial charge in [-0.15, -0.1) is 11.3 Å². The minimum atomic E-state index is -0.178. The molecule has 1 aliphatic rings. The molecule has 18 heavy (non-hydrogen) atoms. The molecule has 100 valence electrons. The van der Waals surface area contributed by atoms with Gasteiger partial charge in [0.2, 0.25) is 0 Å². The maximum absolute atomic E-state index is 11.7. The molecule has 0 spiro atoms. The number of aryl methyl sites for hydroxylation is 2. The van der Waals surface area contributed by atoms with Crippen LogP contribution in [-0.2, 0) is 20.9 Å². The van der Waals surface area contributed by atoms with Gasteiger partial charge in [0.05, 0.1) is 35.3 Å². The first kappa shape index (κ1) is 13.5. The third kappa shape index (κ3) is 3.76. The number of morpholine rings is 1. The third-order valence-corrected chi connectivity index (χ3v) is 3.87. The largest absolute Gasteiger partial charge is 0.459 e. The number of hydrogen-bond acceptors (Lipinski definition) is 6. The fraction of sp³-hybridized carbons (Fsp3) is 0.667. The lowest BCUT2D eigenvalue weighted by atomic mass is 10.4. The zero-order valence-corrected chi connectivity index (χ0v) is 11.6. The third-order valence-electron chi connectivity index (χ3n) is 2.82. The highest BCUT2D eigenvalue weighted by Gasteiger charge is 2.15. The summed E-state index contributed by atoms with van der Waals surface area (Å²) in [5.41, 5.74) is 0.955. The average molecular weight is 270 g/mol. The van der Waals surface area contributed by atoms with Crippen LogP contribution in [0.3, 0.4) is 0 Å². The number of aromatic nitrogens is 1. The fourth-order valence-electron chi connectivity index (χ4n) is 1.84. The summed E-state index contributed by atoms with van der Waals surface area (Å²) in [5, 5.41) is 1.01. The second-order valence-electron chi connectivity index (χ2n) is 4.29. The van der Waals surface area contributed by atoms with E-state index < -0.39 is 0 Å². The number of carbonyl (C=O) groups excluding carboxylic acids is 1. The Bertz CT molecular complexity index is 413. The summed E-state index contributed by atoms with van der Waals surface area (Å²) in [6.07, 6.45) is 0. The van der Waals surface area contributed by atoms with Crippen molar-refractivity contribution >= 4 is 17.3 Å². The monoisotopic (exact) mass is 270 g/mol. The highest BCUT2D eigenvalue weighted by molar-refractivity contribution is 7.11. The van der Waals surface area contributed by atoms with Crippen LogP contribution in [-0.4, -0.2) is 48.7 Å². The van der Waals surface area contributed by atoms with Gasteiger partial charge in [-0.05, 0) is 13.8 Å². The maximum Gasteiger partial charge on any atom is 0.320 e. The van der Waals surface area contributed by atoms with Crippen LogP contribution in [0.1, 0.15) is 15.6 Å². The first-order chi connectivity index (χ1) is 8.65. The van der Waals surface area contributed by atoms with Gasteiger partial charge in [-0.1, -0.05) is 0 Å². The lowest BCUT2D eigenvalue weighted by Crippen LogP contribution is -2.40. The second kappa shape index (κ2) is 6.26. The Balaban J connectivity index is 1.75. The van der Waals surface area contributed by atoms with Crippen LogP contribution in [0.25, 0.3) is 0 Å². The highest BCUT2D eigenvalue weighted by atomic mass is 32.1. The van der Waals surface area contributed by atoms with E-state index in [-0.39, 0.29) is 5.97 Å². The molecule has 0 bridgehead atoms. The van der Waals surface area contributed by atoms with E-state index in [2.05, 4.69) is 9.88 Å². The molecule has 1 fully saturated rings. The van der Waals surface area contributed by atoms with E-state index in [4.69, 9.17) is 9.47 Å². The molecule has 2 rings (SSSR count). The molecule has 0 N–H and O–H groups in total. The van der Waals surface area contributed by atoms with Gasteiger partial charge in [-0.2, -0.15) is 0 Å². The molecule has 5 nitrogen and oxygen atoms in total. The Labute approximate surface area is 111 Å². The summed E-state index contributed by atoms with van der Waals surface area (Å²) in [6, 6.07) is 0. The van der Waals surface area contributed by atoms with E-state index in [1.165, 1.54) is 0 Å². The van der Waals surface area contributed by atoms with Crippen LogP contribution in [0.15, 0.2) is 0 Å². The smallest absolute Gasteiger partial charge is 0.320 e. The van der Waals surface area contributed by atoms with Crippen molar-refractivity contribution in [2.24, 2.45) is 0 Å². The maximum atomic E-state index is 11.7. The molecule has 0 atom stereocenters. The van der Waals surface area contributed by atoms with Crippen molar-refractivity contribution in [2.45, 2.75) is 20.5 Å².